The van der Waals surface area contributed by atoms with E-state index in [2.05, 4.69) is 15.0 Å². The fourth-order valence-electron chi connectivity index (χ4n) is 1.32. The first-order valence-corrected chi connectivity index (χ1v) is 4.31. The number of pyridine rings is 1. The average Bonchev–Trinajstić information content (AvgIpc) is 2.64. The van der Waals surface area contributed by atoms with E-state index in [0.717, 1.165) is 6.20 Å². The van der Waals surface area contributed by atoms with Crippen molar-refractivity contribution < 1.29 is 13.2 Å². The second-order valence-corrected chi connectivity index (χ2v) is 3.08. The van der Waals surface area contributed by atoms with Crippen LogP contribution in [0.2, 0.25) is 0 Å². The highest BCUT2D eigenvalue weighted by Gasteiger charge is 2.35. The lowest BCUT2D eigenvalue weighted by Gasteiger charge is -2.09. The predicted octanol–water partition coefficient (Wildman–Crippen LogP) is 2.07. The maximum absolute atomic E-state index is 12.6. The molecule has 0 amide bonds. The Bertz CT molecular complexity index is 503. The molecular weight excluding hydrogens is 221 g/mol. The molecule has 3 N–H and O–H groups in total. The molecular formula is C9H7F3N4. The number of aromatic amines is 1. The molecule has 2 aromatic rings. The van der Waals surface area contributed by atoms with E-state index in [0.29, 0.717) is 0 Å². The summed E-state index contributed by atoms with van der Waals surface area (Å²) in [7, 11) is 0. The van der Waals surface area contributed by atoms with Crippen molar-refractivity contribution in [2.45, 2.75) is 6.18 Å². The molecule has 2 heterocycles. The Kier molecular flexibility index (Phi) is 2.30. The molecule has 0 atom stereocenters. The molecule has 7 heteroatoms. The van der Waals surface area contributed by atoms with Crippen LogP contribution in [0.1, 0.15) is 5.69 Å². The van der Waals surface area contributed by atoms with Crippen molar-refractivity contribution in [3.8, 4) is 11.3 Å². The first-order chi connectivity index (χ1) is 7.48. The molecule has 0 aromatic carbocycles. The lowest BCUT2D eigenvalue weighted by Crippen LogP contribution is -2.09. The molecule has 0 aliphatic heterocycles. The number of hydrogen-bond acceptors (Lipinski definition) is 3. The first kappa shape index (κ1) is 10.5. The second kappa shape index (κ2) is 3.51. The molecule has 16 heavy (non-hydrogen) atoms. The Balaban J connectivity index is 2.57. The van der Waals surface area contributed by atoms with Crippen LogP contribution in [0.3, 0.4) is 0 Å². The van der Waals surface area contributed by atoms with E-state index in [4.69, 9.17) is 5.73 Å². The first-order valence-electron chi connectivity index (χ1n) is 4.31. The topological polar surface area (TPSA) is 67.6 Å². The Morgan fingerprint density at radius 3 is 2.56 bits per heavy atom. The van der Waals surface area contributed by atoms with Gasteiger partial charge in [-0.2, -0.15) is 13.2 Å². The van der Waals surface area contributed by atoms with Gasteiger partial charge < -0.3 is 10.7 Å². The van der Waals surface area contributed by atoms with Gasteiger partial charge in [-0.1, -0.05) is 0 Å². The van der Waals surface area contributed by atoms with Gasteiger partial charge in [-0.3, -0.25) is 4.98 Å². The Hall–Kier alpha value is -2.05. The zero-order valence-electron chi connectivity index (χ0n) is 7.92. The molecule has 0 radical (unpaired) electrons. The van der Waals surface area contributed by atoms with Crippen molar-refractivity contribution in [3.05, 3.63) is 30.2 Å². The fraction of sp³-hybridized carbons (Fsp3) is 0.111. The minimum atomic E-state index is -4.50. The molecule has 0 fully saturated rings. The van der Waals surface area contributed by atoms with Crippen molar-refractivity contribution in [2.24, 2.45) is 0 Å². The summed E-state index contributed by atoms with van der Waals surface area (Å²) in [6, 6.07) is 2.73. The molecule has 0 aliphatic rings. The summed E-state index contributed by atoms with van der Waals surface area (Å²) in [4.78, 5) is 9.50. The van der Waals surface area contributed by atoms with Crippen LogP contribution in [-0.4, -0.2) is 15.0 Å². The van der Waals surface area contributed by atoms with Gasteiger partial charge in [0, 0.05) is 11.8 Å². The molecule has 0 bridgehead atoms. The Labute approximate surface area is 88.3 Å². The SMILES string of the molecule is Nc1ncc(-c2cccnc2C(F)(F)F)[nH]1. The number of imidazole rings is 1. The van der Waals surface area contributed by atoms with Crippen LogP contribution in [0.5, 0.6) is 0 Å². The van der Waals surface area contributed by atoms with E-state index < -0.39 is 11.9 Å². The average molecular weight is 228 g/mol. The number of nitrogens with two attached hydrogens (primary N) is 1. The molecule has 0 saturated carbocycles. The monoisotopic (exact) mass is 228 g/mol. The van der Waals surface area contributed by atoms with Gasteiger partial charge in [-0.05, 0) is 12.1 Å². The second-order valence-electron chi connectivity index (χ2n) is 3.08. The number of alkyl halides is 3. The maximum atomic E-state index is 12.6. The van der Waals surface area contributed by atoms with Gasteiger partial charge in [0.1, 0.15) is 0 Å². The van der Waals surface area contributed by atoms with Crippen molar-refractivity contribution >= 4 is 5.95 Å². The number of nitrogens with zero attached hydrogens (tertiary/aromatic N) is 2. The van der Waals surface area contributed by atoms with Crippen LogP contribution < -0.4 is 5.73 Å². The molecule has 0 aliphatic carbocycles. The van der Waals surface area contributed by atoms with Crippen molar-refractivity contribution in [1.29, 1.82) is 0 Å². The third-order valence-corrected chi connectivity index (χ3v) is 1.96. The van der Waals surface area contributed by atoms with Crippen molar-refractivity contribution in [1.82, 2.24) is 15.0 Å². The van der Waals surface area contributed by atoms with Gasteiger partial charge in [0.2, 0.25) is 0 Å². The van der Waals surface area contributed by atoms with Gasteiger partial charge in [0.15, 0.2) is 11.6 Å². The van der Waals surface area contributed by atoms with E-state index in [9.17, 15) is 13.2 Å². The van der Waals surface area contributed by atoms with Gasteiger partial charge in [0.25, 0.3) is 0 Å². The van der Waals surface area contributed by atoms with E-state index in [1.54, 1.807) is 0 Å². The van der Waals surface area contributed by atoms with Gasteiger partial charge in [-0.25, -0.2) is 4.98 Å². The number of rotatable bonds is 1. The zero-order chi connectivity index (χ0) is 11.8. The Morgan fingerprint density at radius 1 is 1.25 bits per heavy atom. The molecule has 0 spiro atoms. The summed E-state index contributed by atoms with van der Waals surface area (Å²) in [5.74, 6) is 0.0620. The standard InChI is InChI=1S/C9H7F3N4/c10-9(11,12)7-5(2-1-3-14-7)6-4-15-8(13)16-6/h1-4H,(H3,13,15,16). The van der Waals surface area contributed by atoms with Crippen LogP contribution in [0, 0.1) is 0 Å². The summed E-state index contributed by atoms with van der Waals surface area (Å²) in [5.41, 5.74) is 4.47. The highest BCUT2D eigenvalue weighted by atomic mass is 19.4. The van der Waals surface area contributed by atoms with Crippen LogP contribution in [0.25, 0.3) is 11.3 Å². The molecule has 0 unspecified atom stereocenters. The van der Waals surface area contributed by atoms with Gasteiger partial charge >= 0.3 is 6.18 Å². The van der Waals surface area contributed by atoms with Crippen LogP contribution in [0.15, 0.2) is 24.5 Å². The molecule has 84 valence electrons. The van der Waals surface area contributed by atoms with E-state index in [1.165, 1.54) is 18.3 Å². The minimum absolute atomic E-state index is 0.0620. The molecule has 0 saturated heterocycles. The molecule has 4 nitrogen and oxygen atoms in total. The van der Waals surface area contributed by atoms with E-state index in [1.807, 2.05) is 0 Å². The number of nitrogens with one attached hydrogen (secondary N) is 1. The summed E-state index contributed by atoms with van der Waals surface area (Å²) < 4.78 is 37.8. The minimum Gasteiger partial charge on any atom is -0.369 e. The van der Waals surface area contributed by atoms with Crippen molar-refractivity contribution in [2.75, 3.05) is 5.73 Å². The Morgan fingerprint density at radius 2 is 2.00 bits per heavy atom. The third kappa shape index (κ3) is 1.83. The quantitative estimate of drug-likeness (QED) is 0.785. The largest absolute Gasteiger partial charge is 0.434 e. The van der Waals surface area contributed by atoms with Crippen molar-refractivity contribution in [3.63, 3.8) is 0 Å². The van der Waals surface area contributed by atoms with Gasteiger partial charge in [-0.15, -0.1) is 0 Å². The smallest absolute Gasteiger partial charge is 0.369 e. The lowest BCUT2D eigenvalue weighted by atomic mass is 10.1. The normalized spacial score (nSPS) is 11.7. The number of nitrogen functional groups attached to an aromatic ring is 1. The highest BCUT2D eigenvalue weighted by molar-refractivity contribution is 5.63. The number of hydrogen-bond donors (Lipinski definition) is 2. The third-order valence-electron chi connectivity index (χ3n) is 1.96. The fourth-order valence-corrected chi connectivity index (χ4v) is 1.32. The zero-order valence-corrected chi connectivity index (χ0v) is 7.92. The summed E-state index contributed by atoms with van der Waals surface area (Å²) in [6.45, 7) is 0. The number of aromatic nitrogens is 3. The molecule has 2 aromatic heterocycles. The highest BCUT2D eigenvalue weighted by Crippen LogP contribution is 2.34. The van der Waals surface area contributed by atoms with E-state index in [-0.39, 0.29) is 17.2 Å². The maximum Gasteiger partial charge on any atom is 0.434 e. The summed E-state index contributed by atoms with van der Waals surface area (Å²) >= 11 is 0. The van der Waals surface area contributed by atoms with E-state index >= 15 is 0 Å². The van der Waals surface area contributed by atoms with Crippen LogP contribution in [0.4, 0.5) is 19.1 Å². The van der Waals surface area contributed by atoms with Gasteiger partial charge in [0.05, 0.1) is 11.9 Å². The number of H-pyrrole nitrogens is 1. The summed E-state index contributed by atoms with van der Waals surface area (Å²) in [6.07, 6.45) is -2.18. The predicted molar refractivity (Wildman–Crippen MR) is 51.2 cm³/mol. The lowest BCUT2D eigenvalue weighted by molar-refractivity contribution is -0.140. The van der Waals surface area contributed by atoms with Crippen LogP contribution in [-0.2, 0) is 6.18 Å². The summed E-state index contributed by atoms with van der Waals surface area (Å²) in [5, 5.41) is 0. The molecule has 2 rings (SSSR count). The number of anilines is 1. The number of halogens is 3. The van der Waals surface area contributed by atoms with Crippen LogP contribution >= 0.6 is 0 Å².